The molecule has 5 rings (SSSR count). The topological polar surface area (TPSA) is 114 Å². The van der Waals surface area contributed by atoms with E-state index in [9.17, 15) is 13.2 Å². The van der Waals surface area contributed by atoms with Gasteiger partial charge in [-0.15, -0.1) is 0 Å². The van der Waals surface area contributed by atoms with Gasteiger partial charge in [0, 0.05) is 44.5 Å². The van der Waals surface area contributed by atoms with E-state index in [-0.39, 0.29) is 17.7 Å². The van der Waals surface area contributed by atoms with Gasteiger partial charge in [-0.1, -0.05) is 23.4 Å². The van der Waals surface area contributed by atoms with Gasteiger partial charge in [-0.2, -0.15) is 10.1 Å². The summed E-state index contributed by atoms with van der Waals surface area (Å²) in [7, 11) is -1.33. The number of rotatable bonds is 4. The monoisotopic (exact) mass is 444 g/mol. The minimum absolute atomic E-state index is 0.0104. The molecular weight excluding hydrogens is 420 g/mol. The lowest BCUT2D eigenvalue weighted by atomic mass is 9.97. The highest BCUT2D eigenvalue weighted by molar-refractivity contribution is 7.88. The first-order chi connectivity index (χ1) is 14.8. The first-order valence-corrected chi connectivity index (χ1v) is 12.2. The second-order valence-corrected chi connectivity index (χ2v) is 10.3. The average molecular weight is 445 g/mol. The molecule has 1 aromatic carbocycles. The Morgan fingerprint density at radius 2 is 1.84 bits per heavy atom. The van der Waals surface area contributed by atoms with Crippen molar-refractivity contribution in [3.05, 3.63) is 41.7 Å². The van der Waals surface area contributed by atoms with E-state index >= 15 is 0 Å². The van der Waals surface area contributed by atoms with Crippen LogP contribution in [0.4, 0.5) is 0 Å². The van der Waals surface area contributed by atoms with Gasteiger partial charge in [-0.3, -0.25) is 9.48 Å². The number of carbonyl (C=O) groups is 1. The first-order valence-electron chi connectivity index (χ1n) is 10.3. The van der Waals surface area contributed by atoms with Crippen molar-refractivity contribution in [2.75, 3.05) is 32.4 Å². The van der Waals surface area contributed by atoms with Crippen molar-refractivity contribution in [3.63, 3.8) is 0 Å². The normalized spacial score (nSPS) is 19.1. The number of carbonyl (C=O) groups excluding carboxylic acids is 1. The van der Waals surface area contributed by atoms with Crippen LogP contribution in [0.2, 0.25) is 0 Å². The average Bonchev–Trinajstić information content (AvgIpc) is 3.32. The molecule has 31 heavy (non-hydrogen) atoms. The number of aryl methyl sites for hydroxylation is 1. The molecule has 0 bridgehead atoms. The van der Waals surface area contributed by atoms with Crippen LogP contribution in [0.3, 0.4) is 0 Å². The predicted molar refractivity (Wildman–Crippen MR) is 112 cm³/mol. The number of sulfonamides is 1. The Bertz CT molecular complexity index is 1240. The van der Waals surface area contributed by atoms with Crippen LogP contribution >= 0.6 is 0 Å². The fourth-order valence-corrected chi connectivity index (χ4v) is 5.22. The molecule has 1 amide bonds. The summed E-state index contributed by atoms with van der Waals surface area (Å²) < 4.78 is 32.0. The quantitative estimate of drug-likeness (QED) is 0.596. The van der Waals surface area contributed by atoms with Crippen LogP contribution in [0.5, 0.6) is 0 Å². The lowest BCUT2D eigenvalue weighted by Gasteiger charge is -2.36. The number of benzene rings is 1. The summed E-state index contributed by atoms with van der Waals surface area (Å²) in [6.07, 6.45) is 2.58. The molecule has 10 nitrogen and oxygen atoms in total. The summed E-state index contributed by atoms with van der Waals surface area (Å²) in [6, 6.07) is 7.68. The van der Waals surface area contributed by atoms with Gasteiger partial charge in [0.1, 0.15) is 0 Å². The Morgan fingerprint density at radius 3 is 2.55 bits per heavy atom. The van der Waals surface area contributed by atoms with Crippen LogP contribution in [0, 0.1) is 0 Å². The maximum Gasteiger partial charge on any atom is 0.275 e. The van der Waals surface area contributed by atoms with E-state index in [1.165, 1.54) is 10.6 Å². The zero-order valence-electron chi connectivity index (χ0n) is 17.4. The number of likely N-dealkylation sites (tertiary alicyclic amines) is 1. The highest BCUT2D eigenvalue weighted by Gasteiger charge is 2.38. The summed E-state index contributed by atoms with van der Waals surface area (Å²) in [6.45, 7) is 1.96. The number of amides is 1. The van der Waals surface area contributed by atoms with Gasteiger partial charge in [0.05, 0.1) is 17.7 Å². The van der Waals surface area contributed by atoms with E-state index in [0.29, 0.717) is 56.4 Å². The maximum absolute atomic E-state index is 12.9. The summed E-state index contributed by atoms with van der Waals surface area (Å²) in [5, 5.41) is 9.38. The first kappa shape index (κ1) is 20.1. The Morgan fingerprint density at radius 1 is 1.13 bits per heavy atom. The number of aromatic nitrogens is 4. The Kier molecular flexibility index (Phi) is 4.82. The van der Waals surface area contributed by atoms with Crippen LogP contribution in [0.25, 0.3) is 10.9 Å². The zero-order chi connectivity index (χ0) is 21.8. The van der Waals surface area contributed by atoms with Crippen molar-refractivity contribution in [1.82, 2.24) is 29.1 Å². The maximum atomic E-state index is 12.9. The Hall–Kier alpha value is -2.79. The number of para-hydroxylation sites is 1. The van der Waals surface area contributed by atoms with E-state index in [0.717, 1.165) is 10.9 Å². The van der Waals surface area contributed by atoms with Crippen LogP contribution < -0.4 is 0 Å². The van der Waals surface area contributed by atoms with Crippen LogP contribution in [0.15, 0.2) is 28.8 Å². The smallest absolute Gasteiger partial charge is 0.275 e. The third kappa shape index (κ3) is 3.61. The molecule has 164 valence electrons. The fourth-order valence-electron chi connectivity index (χ4n) is 4.35. The lowest BCUT2D eigenvalue weighted by molar-refractivity contribution is 0.0564. The molecule has 11 heteroatoms. The van der Waals surface area contributed by atoms with Crippen molar-refractivity contribution < 1.29 is 17.7 Å². The second kappa shape index (κ2) is 7.41. The predicted octanol–water partition coefficient (Wildman–Crippen LogP) is 1.33. The molecule has 2 saturated heterocycles. The molecule has 2 aliphatic rings. The molecule has 0 saturated carbocycles. The zero-order valence-corrected chi connectivity index (χ0v) is 18.2. The van der Waals surface area contributed by atoms with Crippen LogP contribution in [-0.2, 0) is 17.1 Å². The van der Waals surface area contributed by atoms with Gasteiger partial charge in [0.15, 0.2) is 11.5 Å². The third-order valence-electron chi connectivity index (χ3n) is 6.22. The number of hydrogen-bond acceptors (Lipinski definition) is 7. The van der Waals surface area contributed by atoms with Crippen molar-refractivity contribution in [1.29, 1.82) is 0 Å². The van der Waals surface area contributed by atoms with Crippen molar-refractivity contribution >= 4 is 26.8 Å². The molecule has 3 aromatic rings. The Balaban J connectivity index is 1.22. The van der Waals surface area contributed by atoms with E-state index in [1.807, 2.05) is 31.3 Å². The highest BCUT2D eigenvalue weighted by Crippen LogP contribution is 2.32. The molecule has 0 unspecified atom stereocenters. The minimum Gasteiger partial charge on any atom is -0.339 e. The van der Waals surface area contributed by atoms with Gasteiger partial charge < -0.3 is 9.42 Å². The van der Waals surface area contributed by atoms with Gasteiger partial charge in [0.2, 0.25) is 15.9 Å². The second-order valence-electron chi connectivity index (χ2n) is 8.32. The van der Waals surface area contributed by atoms with Gasteiger partial charge >= 0.3 is 0 Å². The Labute approximate surface area is 179 Å². The van der Waals surface area contributed by atoms with E-state index in [4.69, 9.17) is 4.52 Å². The molecule has 0 spiro atoms. The molecule has 0 atom stereocenters. The summed E-state index contributed by atoms with van der Waals surface area (Å²) >= 11 is 0. The molecule has 2 fully saturated rings. The van der Waals surface area contributed by atoms with Crippen molar-refractivity contribution in [3.8, 4) is 0 Å². The number of nitrogens with zero attached hydrogens (tertiary/aromatic N) is 6. The lowest BCUT2D eigenvalue weighted by Crippen LogP contribution is -2.48. The van der Waals surface area contributed by atoms with E-state index in [1.54, 1.807) is 9.58 Å². The summed E-state index contributed by atoms with van der Waals surface area (Å²) in [5.74, 6) is 1.17. The van der Waals surface area contributed by atoms with Crippen LogP contribution in [0.1, 0.15) is 46.9 Å². The third-order valence-corrected chi connectivity index (χ3v) is 7.53. The summed E-state index contributed by atoms with van der Waals surface area (Å²) in [4.78, 5) is 19.2. The molecule has 0 N–H and O–H groups in total. The SMILES string of the molecule is Cn1nc(C(=O)N2CC(c3nc(C4CCN(S(C)(=O)=O)CC4)no3)C2)c2ccccc21. The van der Waals surface area contributed by atoms with Crippen LogP contribution in [-0.4, -0.2) is 75.9 Å². The fraction of sp³-hybridized carbons (Fsp3) is 0.500. The molecule has 2 aliphatic heterocycles. The highest BCUT2D eigenvalue weighted by atomic mass is 32.2. The largest absolute Gasteiger partial charge is 0.339 e. The summed E-state index contributed by atoms with van der Waals surface area (Å²) in [5.41, 5.74) is 1.38. The molecule has 0 aliphatic carbocycles. The molecular formula is C20H24N6O4S. The van der Waals surface area contributed by atoms with Gasteiger partial charge in [-0.25, -0.2) is 12.7 Å². The van der Waals surface area contributed by atoms with Crippen molar-refractivity contribution in [2.24, 2.45) is 7.05 Å². The standard InChI is InChI=1S/C20H24N6O4S/c1-24-16-6-4-3-5-15(16)17(22-24)20(27)25-11-14(12-25)19-21-18(23-30-19)13-7-9-26(10-8-13)31(2,28)29/h3-6,13-14H,7-12H2,1-2H3. The molecule has 2 aromatic heterocycles. The van der Waals surface area contributed by atoms with Crippen molar-refractivity contribution in [2.45, 2.75) is 24.7 Å². The van der Waals surface area contributed by atoms with E-state index < -0.39 is 10.0 Å². The number of piperidine rings is 1. The minimum atomic E-state index is -3.16. The number of hydrogen-bond donors (Lipinski definition) is 0. The number of fused-ring (bicyclic) bond motifs is 1. The van der Waals surface area contributed by atoms with Gasteiger partial charge in [-0.05, 0) is 18.9 Å². The van der Waals surface area contributed by atoms with Gasteiger partial charge in [0.25, 0.3) is 5.91 Å². The molecule has 0 radical (unpaired) electrons. The molecule has 4 heterocycles. The van der Waals surface area contributed by atoms with E-state index in [2.05, 4.69) is 15.2 Å².